The van der Waals surface area contributed by atoms with Crippen LogP contribution in [0.4, 0.5) is 4.79 Å². The minimum absolute atomic E-state index is 0.246. The molecule has 0 aliphatic heterocycles. The molecule has 7 heteroatoms. The number of hydrogen-bond donors (Lipinski definition) is 1. The monoisotopic (exact) mass is 329 g/mol. The molecule has 0 spiro atoms. The number of methoxy groups -OCH3 is 1. The Morgan fingerprint density at radius 3 is 2.08 bits per heavy atom. The van der Waals surface area contributed by atoms with Crippen molar-refractivity contribution in [1.82, 2.24) is 5.32 Å². The van der Waals surface area contributed by atoms with E-state index in [-0.39, 0.29) is 5.56 Å². The number of carbonyl (C=O) groups is 2. The molecule has 0 unspecified atom stereocenters. The smallest absolute Gasteiger partial charge is 0.408 e. The molecule has 0 saturated carbocycles. The zero-order valence-electron chi connectivity index (χ0n) is 14.0. The van der Waals surface area contributed by atoms with Crippen molar-refractivity contribution in [3.05, 3.63) is 35.9 Å². The molecule has 1 amide bonds. The van der Waals surface area contributed by atoms with Gasteiger partial charge in [0.05, 0.1) is 19.2 Å². The predicted octanol–water partition coefficient (Wildman–Crippen LogP) is 2.24. The number of ether oxygens (including phenoxy) is 2. The Labute approximate surface area is 140 Å². The van der Waals surface area contributed by atoms with Crippen molar-refractivity contribution in [2.75, 3.05) is 7.11 Å². The zero-order chi connectivity index (χ0) is 18.4. The Hall–Kier alpha value is -3.06. The van der Waals surface area contributed by atoms with Crippen LogP contribution >= 0.6 is 0 Å². The first-order valence-corrected chi connectivity index (χ1v) is 7.15. The van der Waals surface area contributed by atoms with Gasteiger partial charge in [-0.1, -0.05) is 30.3 Å². The second-order valence-corrected chi connectivity index (χ2v) is 5.98. The highest BCUT2D eigenvalue weighted by molar-refractivity contribution is 5.88. The molecule has 1 aromatic rings. The summed E-state index contributed by atoms with van der Waals surface area (Å²) in [5, 5.41) is 21.1. The molecule has 1 aromatic carbocycles. The van der Waals surface area contributed by atoms with Crippen LogP contribution in [0.25, 0.3) is 0 Å². The molecule has 7 nitrogen and oxygen atoms in total. The predicted molar refractivity (Wildman–Crippen MR) is 84.2 cm³/mol. The number of nitrogens with zero attached hydrogens (tertiary/aromatic N) is 2. The molecule has 126 valence electrons. The van der Waals surface area contributed by atoms with Crippen LogP contribution in [0.15, 0.2) is 30.3 Å². The molecule has 0 saturated heterocycles. The summed E-state index contributed by atoms with van der Waals surface area (Å²) in [7, 11) is 1.11. The summed E-state index contributed by atoms with van der Waals surface area (Å²) < 4.78 is 9.95. The molecule has 0 radical (unpaired) electrons. The third kappa shape index (κ3) is 4.02. The molecule has 0 aliphatic carbocycles. The number of hydrogen-bond acceptors (Lipinski definition) is 6. The maximum atomic E-state index is 12.5. The van der Waals surface area contributed by atoms with Gasteiger partial charge >= 0.3 is 12.1 Å². The van der Waals surface area contributed by atoms with Gasteiger partial charge < -0.3 is 9.47 Å². The molecular weight excluding hydrogens is 310 g/mol. The molecule has 0 heterocycles. The summed E-state index contributed by atoms with van der Waals surface area (Å²) >= 11 is 0. The standard InChI is InChI=1S/C17H19N3O4/c1-16(2,3)24-15(22)20-17(14(21)23-4,13(10-18)11-19)12-8-6-5-7-9-12/h5-9,13H,1-4H3,(H,20,22)/t17-/m1/s1. The number of nitrogens with one attached hydrogen (secondary N) is 1. The third-order valence-electron chi connectivity index (χ3n) is 3.13. The highest BCUT2D eigenvalue weighted by atomic mass is 16.6. The largest absolute Gasteiger partial charge is 0.467 e. The van der Waals surface area contributed by atoms with E-state index in [1.54, 1.807) is 51.1 Å². The van der Waals surface area contributed by atoms with Gasteiger partial charge in [-0.25, -0.2) is 9.59 Å². The minimum Gasteiger partial charge on any atom is -0.467 e. The van der Waals surface area contributed by atoms with Gasteiger partial charge in [-0.3, -0.25) is 5.32 Å². The fourth-order valence-electron chi connectivity index (χ4n) is 2.15. The van der Waals surface area contributed by atoms with Gasteiger partial charge in [0, 0.05) is 0 Å². The number of carbonyl (C=O) groups excluding carboxylic acids is 2. The SMILES string of the molecule is COC(=O)[C@@](NC(=O)OC(C)(C)C)(c1ccccc1)C(C#N)C#N. The quantitative estimate of drug-likeness (QED) is 0.848. The second-order valence-electron chi connectivity index (χ2n) is 5.98. The lowest BCUT2D eigenvalue weighted by Gasteiger charge is -2.33. The Morgan fingerprint density at radius 2 is 1.67 bits per heavy atom. The van der Waals surface area contributed by atoms with Crippen LogP contribution in [0, 0.1) is 28.6 Å². The number of nitriles is 2. The summed E-state index contributed by atoms with van der Waals surface area (Å²) in [6, 6.07) is 11.5. The highest BCUT2D eigenvalue weighted by Gasteiger charge is 2.51. The molecule has 0 aromatic heterocycles. The molecule has 24 heavy (non-hydrogen) atoms. The molecule has 1 rings (SSSR count). The van der Waals surface area contributed by atoms with Gasteiger partial charge in [0.1, 0.15) is 5.60 Å². The van der Waals surface area contributed by atoms with E-state index in [0.717, 1.165) is 7.11 Å². The Balaban J connectivity index is 3.49. The number of amides is 1. The van der Waals surface area contributed by atoms with Crippen molar-refractivity contribution in [3.63, 3.8) is 0 Å². The van der Waals surface area contributed by atoms with Crippen molar-refractivity contribution in [2.45, 2.75) is 31.9 Å². The second kappa shape index (κ2) is 7.47. The first-order chi connectivity index (χ1) is 11.2. The maximum Gasteiger partial charge on any atom is 0.408 e. The highest BCUT2D eigenvalue weighted by Crippen LogP contribution is 2.31. The van der Waals surface area contributed by atoms with Crippen molar-refractivity contribution in [1.29, 1.82) is 10.5 Å². The Kier molecular flexibility index (Phi) is 5.91. The summed E-state index contributed by atoms with van der Waals surface area (Å²) in [4.78, 5) is 24.7. The van der Waals surface area contributed by atoms with E-state index in [4.69, 9.17) is 9.47 Å². The van der Waals surface area contributed by atoms with E-state index in [0.29, 0.717) is 0 Å². The van der Waals surface area contributed by atoms with E-state index in [2.05, 4.69) is 5.32 Å². The van der Waals surface area contributed by atoms with E-state index in [1.165, 1.54) is 12.1 Å². The van der Waals surface area contributed by atoms with Crippen LogP contribution in [0.5, 0.6) is 0 Å². The van der Waals surface area contributed by atoms with Gasteiger partial charge in [0.15, 0.2) is 11.5 Å². The first kappa shape index (κ1) is 19.0. The van der Waals surface area contributed by atoms with Gasteiger partial charge in [-0.05, 0) is 26.3 Å². The van der Waals surface area contributed by atoms with Crippen molar-refractivity contribution >= 4 is 12.1 Å². The van der Waals surface area contributed by atoms with Gasteiger partial charge in [-0.15, -0.1) is 0 Å². The summed E-state index contributed by atoms with van der Waals surface area (Å²) in [6.45, 7) is 4.96. The van der Waals surface area contributed by atoms with Crippen LogP contribution in [-0.2, 0) is 19.8 Å². The van der Waals surface area contributed by atoms with Gasteiger partial charge in [0.2, 0.25) is 0 Å². The third-order valence-corrected chi connectivity index (χ3v) is 3.13. The average Bonchev–Trinajstić information content (AvgIpc) is 2.53. The van der Waals surface area contributed by atoms with Gasteiger partial charge in [-0.2, -0.15) is 10.5 Å². The summed E-state index contributed by atoms with van der Waals surface area (Å²) in [5.41, 5.74) is -2.57. The molecule has 0 bridgehead atoms. The molecule has 1 atom stereocenters. The fourth-order valence-corrected chi connectivity index (χ4v) is 2.15. The van der Waals surface area contributed by atoms with Crippen LogP contribution in [-0.4, -0.2) is 24.8 Å². The van der Waals surface area contributed by atoms with Gasteiger partial charge in [0.25, 0.3) is 0 Å². The number of rotatable bonds is 4. The van der Waals surface area contributed by atoms with Crippen LogP contribution < -0.4 is 5.32 Å². The van der Waals surface area contributed by atoms with E-state index >= 15 is 0 Å². The maximum absolute atomic E-state index is 12.5. The van der Waals surface area contributed by atoms with E-state index < -0.39 is 29.1 Å². The number of alkyl carbamates (subject to hydrolysis) is 1. The molecule has 0 fully saturated rings. The van der Waals surface area contributed by atoms with Crippen LogP contribution in [0.3, 0.4) is 0 Å². The normalized spacial score (nSPS) is 13.1. The summed E-state index contributed by atoms with van der Waals surface area (Å²) in [5.74, 6) is -2.45. The van der Waals surface area contributed by atoms with Crippen LogP contribution in [0.2, 0.25) is 0 Å². The topological polar surface area (TPSA) is 112 Å². The fraction of sp³-hybridized carbons (Fsp3) is 0.412. The minimum atomic E-state index is -2.00. The lowest BCUT2D eigenvalue weighted by Crippen LogP contribution is -2.57. The number of benzene rings is 1. The first-order valence-electron chi connectivity index (χ1n) is 7.15. The Morgan fingerprint density at radius 1 is 1.12 bits per heavy atom. The lowest BCUT2D eigenvalue weighted by atomic mass is 9.79. The average molecular weight is 329 g/mol. The molecule has 0 aliphatic rings. The zero-order valence-corrected chi connectivity index (χ0v) is 14.0. The Bertz CT molecular complexity index is 669. The van der Waals surface area contributed by atoms with Crippen molar-refractivity contribution in [3.8, 4) is 12.1 Å². The van der Waals surface area contributed by atoms with E-state index in [1.807, 2.05) is 0 Å². The molecular formula is C17H19N3O4. The molecule has 1 N–H and O–H groups in total. The number of esters is 1. The van der Waals surface area contributed by atoms with Crippen LogP contribution in [0.1, 0.15) is 26.3 Å². The van der Waals surface area contributed by atoms with E-state index in [9.17, 15) is 20.1 Å². The van der Waals surface area contributed by atoms with Crippen molar-refractivity contribution < 1.29 is 19.1 Å². The summed E-state index contributed by atoms with van der Waals surface area (Å²) in [6.07, 6.45) is -0.938. The van der Waals surface area contributed by atoms with Crippen molar-refractivity contribution in [2.24, 2.45) is 5.92 Å². The lowest BCUT2D eigenvalue weighted by molar-refractivity contribution is -0.150.